The van der Waals surface area contributed by atoms with Crippen LogP contribution in [0.5, 0.6) is 0 Å². The normalized spacial score (nSPS) is 15.4. The van der Waals surface area contributed by atoms with E-state index in [1.54, 1.807) is 36.8 Å². The fraction of sp³-hybridized carbons (Fsp3) is 0.333. The van der Waals surface area contributed by atoms with E-state index in [0.717, 1.165) is 27.3 Å². The van der Waals surface area contributed by atoms with Gasteiger partial charge in [-0.05, 0) is 36.5 Å². The summed E-state index contributed by atoms with van der Waals surface area (Å²) in [5.74, 6) is 4.20. The Bertz CT molecular complexity index is 1200. The van der Waals surface area contributed by atoms with Gasteiger partial charge >= 0.3 is 0 Å². The molecule has 8 nitrogen and oxygen atoms in total. The van der Waals surface area contributed by atoms with Crippen LogP contribution in [0.25, 0.3) is 0 Å². The first-order chi connectivity index (χ1) is 19.7. The van der Waals surface area contributed by atoms with Gasteiger partial charge in [0.1, 0.15) is 10.1 Å². The first-order valence-electron chi connectivity index (χ1n) is 13.5. The summed E-state index contributed by atoms with van der Waals surface area (Å²) < 4.78 is 0. The number of hydrogen-bond donors (Lipinski definition) is 4. The number of nitrogens with zero attached hydrogens (tertiary/aromatic N) is 4. The monoisotopic (exact) mass is 576 g/mol. The van der Waals surface area contributed by atoms with Crippen molar-refractivity contribution in [2.45, 2.75) is 34.7 Å². The molecule has 0 amide bonds. The van der Waals surface area contributed by atoms with E-state index in [0.29, 0.717) is 36.8 Å². The van der Waals surface area contributed by atoms with Crippen LogP contribution >= 0.6 is 23.5 Å². The minimum Gasteiger partial charge on any atom is -0.357 e. The fourth-order valence-corrected chi connectivity index (χ4v) is 5.34. The molecule has 0 aliphatic heterocycles. The van der Waals surface area contributed by atoms with Gasteiger partial charge in [0.25, 0.3) is 0 Å². The van der Waals surface area contributed by atoms with Gasteiger partial charge in [-0.25, -0.2) is 19.9 Å². The highest BCUT2D eigenvalue weighted by Crippen LogP contribution is 2.48. The van der Waals surface area contributed by atoms with E-state index in [2.05, 4.69) is 62.0 Å². The van der Waals surface area contributed by atoms with E-state index in [-0.39, 0.29) is 0 Å². The molecular formula is C30H40N8S2. The second-order valence-electron chi connectivity index (χ2n) is 8.80. The summed E-state index contributed by atoms with van der Waals surface area (Å²) in [6.45, 7) is 1.33. The first kappa shape index (κ1) is 31.3. The predicted molar refractivity (Wildman–Crippen MR) is 170 cm³/mol. The second kappa shape index (κ2) is 18.2. The van der Waals surface area contributed by atoms with Crippen LogP contribution in [0.1, 0.15) is 35.9 Å². The van der Waals surface area contributed by atoms with E-state index < -0.39 is 0 Å². The molecule has 0 bridgehead atoms. The van der Waals surface area contributed by atoms with Gasteiger partial charge in [0.2, 0.25) is 11.9 Å². The molecule has 0 radical (unpaired) electrons. The van der Waals surface area contributed by atoms with Gasteiger partial charge in [-0.3, -0.25) is 0 Å². The summed E-state index contributed by atoms with van der Waals surface area (Å²) >= 11 is 3.33. The average Bonchev–Trinajstić information content (AvgIpc) is 3.00. The number of nitrogens with two attached hydrogens (primary N) is 2. The Hall–Kier alpha value is -3.18. The van der Waals surface area contributed by atoms with E-state index in [1.807, 2.05) is 49.5 Å². The van der Waals surface area contributed by atoms with E-state index in [4.69, 9.17) is 16.5 Å². The minimum atomic E-state index is 0.495. The zero-order valence-corrected chi connectivity index (χ0v) is 24.9. The third-order valence-electron chi connectivity index (χ3n) is 6.08. The van der Waals surface area contributed by atoms with Crippen LogP contribution in [-0.2, 0) is 0 Å². The standard InChI is InChI=1S/C17H22N4S.C7H12N4S.C6H6/c1-19-17-20-15(11-16(21-17)22-10-9-18)14-8-7-13(14)12-5-3-2-4-6-12;1-9-7-10-4-2-6(11-7)12-5-3-8;1-2-4-6-5-3-1/h2-6,11,13-14H,7-10,18H2,1H3,(H,19,20,21);2,4H,3,5,8H2,1H3,(H,9,10,11);1-6H. The van der Waals surface area contributed by atoms with Gasteiger partial charge in [0.05, 0.1) is 5.69 Å². The van der Waals surface area contributed by atoms with Crippen molar-refractivity contribution in [3.05, 3.63) is 96.3 Å². The van der Waals surface area contributed by atoms with Crippen molar-refractivity contribution < 1.29 is 0 Å². The van der Waals surface area contributed by atoms with Crippen LogP contribution < -0.4 is 22.1 Å². The SMILES string of the molecule is CNc1nc(SCCN)cc(C2CCC2c2ccccc2)n1.CNc1nccc(SCCN)n1.c1ccccc1. The van der Waals surface area contributed by atoms with Gasteiger partial charge in [0, 0.05) is 50.8 Å². The molecule has 1 aliphatic carbocycles. The highest BCUT2D eigenvalue weighted by molar-refractivity contribution is 7.99. The van der Waals surface area contributed by atoms with Crippen molar-refractivity contribution in [3.8, 4) is 0 Å². The molecule has 2 unspecified atom stereocenters. The average molecular weight is 577 g/mol. The lowest BCUT2D eigenvalue weighted by Gasteiger charge is -2.36. The third kappa shape index (κ3) is 10.4. The Morgan fingerprint density at radius 2 is 1.25 bits per heavy atom. The Kier molecular flexibility index (Phi) is 14.3. The van der Waals surface area contributed by atoms with Crippen LogP contribution in [0.4, 0.5) is 11.9 Å². The van der Waals surface area contributed by atoms with E-state index >= 15 is 0 Å². The van der Waals surface area contributed by atoms with Gasteiger partial charge in [-0.15, -0.1) is 23.5 Å². The molecule has 4 aromatic rings. The maximum absolute atomic E-state index is 5.60. The van der Waals surface area contributed by atoms with Crippen molar-refractivity contribution in [1.82, 2.24) is 19.9 Å². The summed E-state index contributed by atoms with van der Waals surface area (Å²) in [4.78, 5) is 17.4. The fourth-order valence-electron chi connectivity index (χ4n) is 4.03. The molecule has 0 spiro atoms. The number of nitrogens with one attached hydrogen (secondary N) is 2. The molecule has 40 heavy (non-hydrogen) atoms. The first-order valence-corrected chi connectivity index (χ1v) is 15.4. The van der Waals surface area contributed by atoms with Gasteiger partial charge < -0.3 is 22.1 Å². The molecule has 2 aromatic heterocycles. The maximum Gasteiger partial charge on any atom is 0.223 e. The van der Waals surface area contributed by atoms with Crippen LogP contribution in [0.3, 0.4) is 0 Å². The Morgan fingerprint density at radius 3 is 1.80 bits per heavy atom. The molecule has 2 atom stereocenters. The van der Waals surface area contributed by atoms with Crippen molar-refractivity contribution in [2.24, 2.45) is 11.5 Å². The van der Waals surface area contributed by atoms with Gasteiger partial charge in [0.15, 0.2) is 0 Å². The van der Waals surface area contributed by atoms with Crippen LogP contribution in [0.15, 0.2) is 95.1 Å². The van der Waals surface area contributed by atoms with E-state index in [9.17, 15) is 0 Å². The van der Waals surface area contributed by atoms with Crippen molar-refractivity contribution in [2.75, 3.05) is 49.3 Å². The molecule has 6 N–H and O–H groups in total. The number of hydrogen-bond acceptors (Lipinski definition) is 10. The lowest BCUT2D eigenvalue weighted by Crippen LogP contribution is -2.23. The zero-order valence-electron chi connectivity index (χ0n) is 23.2. The lowest BCUT2D eigenvalue weighted by atomic mass is 9.68. The number of rotatable bonds is 10. The zero-order chi connectivity index (χ0) is 28.4. The third-order valence-corrected chi connectivity index (χ3v) is 7.99. The highest BCUT2D eigenvalue weighted by atomic mass is 32.2. The largest absolute Gasteiger partial charge is 0.357 e. The number of benzene rings is 2. The lowest BCUT2D eigenvalue weighted by molar-refractivity contribution is 0.339. The summed E-state index contributed by atoms with van der Waals surface area (Å²) in [6.07, 6.45) is 4.16. The quantitative estimate of drug-likeness (QED) is 0.142. The second-order valence-corrected chi connectivity index (χ2v) is 11.0. The smallest absolute Gasteiger partial charge is 0.223 e. The van der Waals surface area contributed by atoms with Crippen molar-refractivity contribution in [1.29, 1.82) is 0 Å². The molecule has 1 fully saturated rings. The van der Waals surface area contributed by atoms with Crippen molar-refractivity contribution >= 4 is 35.4 Å². The predicted octanol–water partition coefficient (Wildman–Crippen LogP) is 5.49. The molecule has 1 saturated carbocycles. The molecule has 2 heterocycles. The molecule has 5 rings (SSSR count). The van der Waals surface area contributed by atoms with Gasteiger partial charge in [-0.2, -0.15) is 0 Å². The molecule has 10 heteroatoms. The summed E-state index contributed by atoms with van der Waals surface area (Å²) in [6, 6.07) is 26.8. The topological polar surface area (TPSA) is 128 Å². The molecule has 0 saturated heterocycles. The summed E-state index contributed by atoms with van der Waals surface area (Å²) in [7, 11) is 3.67. The Labute approximate surface area is 246 Å². The number of anilines is 2. The number of thioether (sulfide) groups is 2. The van der Waals surface area contributed by atoms with Gasteiger partial charge in [-0.1, -0.05) is 66.7 Å². The summed E-state index contributed by atoms with van der Waals surface area (Å²) in [5, 5.41) is 7.92. The highest BCUT2D eigenvalue weighted by Gasteiger charge is 2.34. The van der Waals surface area contributed by atoms with Crippen LogP contribution in [0.2, 0.25) is 0 Å². The molecule has 212 valence electrons. The van der Waals surface area contributed by atoms with Crippen molar-refractivity contribution in [3.63, 3.8) is 0 Å². The summed E-state index contributed by atoms with van der Waals surface area (Å²) in [5.41, 5.74) is 13.5. The molecule has 1 aliphatic rings. The number of aromatic nitrogens is 4. The minimum absolute atomic E-state index is 0.495. The molecule has 2 aromatic carbocycles. The Balaban J connectivity index is 0.000000204. The maximum atomic E-state index is 5.60. The molecular weight excluding hydrogens is 537 g/mol. The van der Waals surface area contributed by atoms with E-state index in [1.165, 1.54) is 18.4 Å². The Morgan fingerprint density at radius 1 is 0.700 bits per heavy atom. The van der Waals surface area contributed by atoms with Crippen LogP contribution in [-0.4, -0.2) is 58.6 Å². The van der Waals surface area contributed by atoms with Crippen LogP contribution in [0, 0.1) is 0 Å².